The fourth-order valence-corrected chi connectivity index (χ4v) is 5.90. The van der Waals surface area contributed by atoms with Crippen molar-refractivity contribution in [3.8, 4) is 17.6 Å². The fourth-order valence-electron chi connectivity index (χ4n) is 4.17. The molecule has 0 saturated carbocycles. The van der Waals surface area contributed by atoms with E-state index in [2.05, 4.69) is 10.2 Å². The van der Waals surface area contributed by atoms with Gasteiger partial charge < -0.3 is 15.0 Å². The summed E-state index contributed by atoms with van der Waals surface area (Å²) in [6.45, 7) is 5.95. The van der Waals surface area contributed by atoms with E-state index in [0.717, 1.165) is 11.1 Å². The highest BCUT2D eigenvalue weighted by atomic mass is 35.5. The van der Waals surface area contributed by atoms with Crippen molar-refractivity contribution in [3.05, 3.63) is 81.9 Å². The molecule has 38 heavy (non-hydrogen) atoms. The molecule has 8 nitrogen and oxygen atoms in total. The molecule has 1 N–H and O–H groups in total. The number of halogens is 1. The van der Waals surface area contributed by atoms with Gasteiger partial charge in [0.1, 0.15) is 11.5 Å². The highest BCUT2D eigenvalue weighted by molar-refractivity contribution is 7.89. The van der Waals surface area contributed by atoms with Crippen LogP contribution in [0.4, 0.5) is 5.69 Å². The van der Waals surface area contributed by atoms with Crippen molar-refractivity contribution in [3.63, 3.8) is 0 Å². The van der Waals surface area contributed by atoms with Gasteiger partial charge in [-0.25, -0.2) is 8.42 Å². The highest BCUT2D eigenvalue weighted by Gasteiger charge is 2.27. The number of rotatable bonds is 7. The molecule has 3 aromatic carbocycles. The molecule has 1 aliphatic rings. The summed E-state index contributed by atoms with van der Waals surface area (Å²) in [7, 11) is -1.62. The van der Waals surface area contributed by atoms with Gasteiger partial charge in [0, 0.05) is 36.9 Å². The molecule has 198 valence electrons. The number of carbonyl (C=O) groups is 1. The van der Waals surface area contributed by atoms with Crippen LogP contribution in [-0.2, 0) is 21.2 Å². The number of sulfonamides is 1. The Kier molecular flexibility index (Phi) is 8.38. The number of ether oxygens (including phenoxy) is 1. The molecule has 0 atom stereocenters. The van der Waals surface area contributed by atoms with Gasteiger partial charge >= 0.3 is 0 Å². The van der Waals surface area contributed by atoms with Gasteiger partial charge in [-0.3, -0.25) is 4.79 Å². The minimum atomic E-state index is -3.59. The first kappa shape index (κ1) is 27.6. The van der Waals surface area contributed by atoms with Gasteiger partial charge in [0.25, 0.3) is 0 Å². The molecule has 0 unspecified atom stereocenters. The van der Waals surface area contributed by atoms with Crippen LogP contribution in [0, 0.1) is 25.2 Å². The van der Waals surface area contributed by atoms with E-state index in [1.165, 1.54) is 10.4 Å². The summed E-state index contributed by atoms with van der Waals surface area (Å²) in [4.78, 5) is 15.2. The van der Waals surface area contributed by atoms with E-state index in [0.29, 0.717) is 59.5 Å². The SMILES string of the molecule is Cc1cc(S(=O)(=O)N2CCN(C)CC2)ccc1NC(=O)Cc1ccc(C)c(Oc2cc(Cl)cc(C#N)c2)c1. The Hall–Kier alpha value is -3.42. The second kappa shape index (κ2) is 11.5. The average Bonchev–Trinajstić information content (AvgIpc) is 2.87. The molecule has 0 aliphatic carbocycles. The normalized spacial score (nSPS) is 14.6. The quantitative estimate of drug-likeness (QED) is 0.454. The van der Waals surface area contributed by atoms with Crippen molar-refractivity contribution >= 4 is 33.2 Å². The third-order valence-corrected chi connectivity index (χ3v) is 8.53. The zero-order chi connectivity index (χ0) is 27.4. The maximum atomic E-state index is 13.1. The summed E-state index contributed by atoms with van der Waals surface area (Å²) in [6.07, 6.45) is 0.0937. The predicted octanol–water partition coefficient (Wildman–Crippen LogP) is 4.74. The average molecular weight is 553 g/mol. The summed E-state index contributed by atoms with van der Waals surface area (Å²) in [5.74, 6) is 0.740. The Morgan fingerprint density at radius 2 is 1.76 bits per heavy atom. The minimum absolute atomic E-state index is 0.0937. The Bertz CT molecular complexity index is 1510. The van der Waals surface area contributed by atoms with E-state index in [1.54, 1.807) is 43.3 Å². The Balaban J connectivity index is 1.44. The van der Waals surface area contributed by atoms with Crippen LogP contribution in [0.5, 0.6) is 11.5 Å². The number of hydrogen-bond donors (Lipinski definition) is 1. The number of likely N-dealkylation sites (N-methyl/N-ethyl adjacent to an activating group) is 1. The van der Waals surface area contributed by atoms with E-state index >= 15 is 0 Å². The predicted molar refractivity (Wildman–Crippen MR) is 147 cm³/mol. The summed E-state index contributed by atoms with van der Waals surface area (Å²) in [6, 6.07) is 17.1. The van der Waals surface area contributed by atoms with Crippen molar-refractivity contribution < 1.29 is 17.9 Å². The van der Waals surface area contributed by atoms with E-state index in [9.17, 15) is 18.5 Å². The Morgan fingerprint density at radius 3 is 2.45 bits per heavy atom. The van der Waals surface area contributed by atoms with Crippen molar-refractivity contribution in [1.82, 2.24) is 9.21 Å². The molecule has 10 heteroatoms. The maximum absolute atomic E-state index is 13.1. The zero-order valence-corrected chi connectivity index (χ0v) is 23.1. The standard InChI is InChI=1S/C28H29ClN4O4S/c1-19-4-5-21(15-27(19)37-24-14-22(18-30)13-23(29)17-24)16-28(34)31-26-7-6-25(12-20(26)2)38(35,36)33-10-8-32(3)9-11-33/h4-7,12-15,17H,8-11,16H2,1-3H3,(H,31,34). The number of anilines is 1. The van der Waals surface area contributed by atoms with Gasteiger partial charge in [0.2, 0.25) is 15.9 Å². The molecule has 1 aliphatic heterocycles. The Morgan fingerprint density at radius 1 is 1.03 bits per heavy atom. The number of carbonyl (C=O) groups excluding carboxylic acids is 1. The number of amides is 1. The van der Waals surface area contributed by atoms with Crippen LogP contribution in [0.25, 0.3) is 0 Å². The smallest absolute Gasteiger partial charge is 0.243 e. The second-order valence-corrected chi connectivity index (χ2v) is 11.8. The molecule has 0 spiro atoms. The summed E-state index contributed by atoms with van der Waals surface area (Å²) in [5.41, 5.74) is 3.20. The van der Waals surface area contributed by atoms with Gasteiger partial charge in [-0.05, 0) is 80.1 Å². The molecule has 1 saturated heterocycles. The summed E-state index contributed by atoms with van der Waals surface area (Å²) in [5, 5.41) is 12.4. The van der Waals surface area contributed by atoms with E-state index in [1.807, 2.05) is 32.2 Å². The van der Waals surface area contributed by atoms with Crippen LogP contribution in [0.2, 0.25) is 5.02 Å². The summed E-state index contributed by atoms with van der Waals surface area (Å²) < 4.78 is 33.6. The molecule has 0 aromatic heterocycles. The number of nitrogens with one attached hydrogen (secondary N) is 1. The number of aryl methyl sites for hydroxylation is 2. The topological polar surface area (TPSA) is 103 Å². The number of nitrogens with zero attached hydrogens (tertiary/aromatic N) is 3. The number of hydrogen-bond acceptors (Lipinski definition) is 6. The van der Waals surface area contributed by atoms with Crippen LogP contribution >= 0.6 is 11.6 Å². The Labute approximate surface area is 228 Å². The molecular formula is C28H29ClN4O4S. The lowest BCUT2D eigenvalue weighted by Gasteiger charge is -2.31. The van der Waals surface area contributed by atoms with Crippen molar-refractivity contribution in [1.29, 1.82) is 5.26 Å². The van der Waals surface area contributed by atoms with Crippen LogP contribution in [0.1, 0.15) is 22.3 Å². The van der Waals surface area contributed by atoms with Crippen LogP contribution in [0.15, 0.2) is 59.5 Å². The van der Waals surface area contributed by atoms with Crippen LogP contribution < -0.4 is 10.1 Å². The number of nitriles is 1. The van der Waals surface area contributed by atoms with Crippen molar-refractivity contribution in [2.45, 2.75) is 25.2 Å². The lowest BCUT2D eigenvalue weighted by Crippen LogP contribution is -2.47. The first-order valence-electron chi connectivity index (χ1n) is 12.1. The summed E-state index contributed by atoms with van der Waals surface area (Å²) >= 11 is 6.08. The largest absolute Gasteiger partial charge is 0.457 e. The molecule has 3 aromatic rings. The molecular weight excluding hydrogens is 524 g/mol. The molecule has 1 amide bonds. The first-order chi connectivity index (χ1) is 18.0. The lowest BCUT2D eigenvalue weighted by atomic mass is 10.1. The molecule has 1 heterocycles. The van der Waals surface area contributed by atoms with Crippen LogP contribution in [0.3, 0.4) is 0 Å². The number of benzene rings is 3. The monoisotopic (exact) mass is 552 g/mol. The lowest BCUT2D eigenvalue weighted by molar-refractivity contribution is -0.115. The van der Waals surface area contributed by atoms with Crippen molar-refractivity contribution in [2.75, 3.05) is 38.5 Å². The minimum Gasteiger partial charge on any atom is -0.457 e. The fraction of sp³-hybridized carbons (Fsp3) is 0.286. The molecule has 0 radical (unpaired) electrons. The van der Waals surface area contributed by atoms with Gasteiger partial charge in [0.15, 0.2) is 0 Å². The maximum Gasteiger partial charge on any atom is 0.243 e. The zero-order valence-electron chi connectivity index (χ0n) is 21.5. The van der Waals surface area contributed by atoms with Gasteiger partial charge in [-0.1, -0.05) is 23.7 Å². The van der Waals surface area contributed by atoms with Gasteiger partial charge in [-0.15, -0.1) is 0 Å². The molecule has 4 rings (SSSR count). The van der Waals surface area contributed by atoms with Gasteiger partial charge in [0.05, 0.1) is 22.9 Å². The highest BCUT2D eigenvalue weighted by Crippen LogP contribution is 2.30. The van der Waals surface area contributed by atoms with Crippen LogP contribution in [-0.4, -0.2) is 56.8 Å². The van der Waals surface area contributed by atoms with E-state index < -0.39 is 10.0 Å². The van der Waals surface area contributed by atoms with Gasteiger partial charge in [-0.2, -0.15) is 9.57 Å². The van der Waals surface area contributed by atoms with E-state index in [4.69, 9.17) is 16.3 Å². The van der Waals surface area contributed by atoms with E-state index in [-0.39, 0.29) is 17.2 Å². The second-order valence-electron chi connectivity index (χ2n) is 9.40. The van der Waals surface area contributed by atoms with Crippen molar-refractivity contribution in [2.24, 2.45) is 0 Å². The molecule has 0 bridgehead atoms. The first-order valence-corrected chi connectivity index (χ1v) is 13.9. The number of piperazine rings is 1. The molecule has 1 fully saturated rings. The third kappa shape index (κ3) is 6.52. The third-order valence-electron chi connectivity index (χ3n) is 6.42.